The minimum Gasteiger partial charge on any atom is -0.381 e. The highest BCUT2D eigenvalue weighted by Gasteiger charge is 2.37. The van der Waals surface area contributed by atoms with Crippen LogP contribution < -0.4 is 11.1 Å². The first kappa shape index (κ1) is 15.3. The molecule has 120 valence electrons. The van der Waals surface area contributed by atoms with Gasteiger partial charge in [0.25, 0.3) is 0 Å². The molecule has 2 saturated heterocycles. The van der Waals surface area contributed by atoms with Crippen molar-refractivity contribution < 1.29 is 9.53 Å². The fraction of sp³-hybridized carbons (Fsp3) is 0.938. The summed E-state index contributed by atoms with van der Waals surface area (Å²) in [5, 5.41) is 3.19. The molecule has 3 fully saturated rings. The van der Waals surface area contributed by atoms with Crippen LogP contribution in [0.15, 0.2) is 0 Å². The van der Waals surface area contributed by atoms with E-state index in [2.05, 4.69) is 10.2 Å². The Morgan fingerprint density at radius 3 is 2.33 bits per heavy atom. The van der Waals surface area contributed by atoms with Gasteiger partial charge in [-0.25, -0.2) is 0 Å². The van der Waals surface area contributed by atoms with Gasteiger partial charge < -0.3 is 20.7 Å². The quantitative estimate of drug-likeness (QED) is 0.816. The maximum Gasteiger partial charge on any atom is 0.240 e. The SMILES string of the molecule is NC1(C(=O)NC2CCN(C3CCCC3)CC2)CCOCC1. The van der Waals surface area contributed by atoms with Crippen molar-refractivity contribution in [1.29, 1.82) is 0 Å². The predicted octanol–water partition coefficient (Wildman–Crippen LogP) is 1.02. The highest BCUT2D eigenvalue weighted by Crippen LogP contribution is 2.26. The molecule has 3 rings (SSSR count). The lowest BCUT2D eigenvalue weighted by Crippen LogP contribution is -2.59. The van der Waals surface area contributed by atoms with E-state index in [1.807, 2.05) is 0 Å². The first-order valence-corrected chi connectivity index (χ1v) is 8.59. The van der Waals surface area contributed by atoms with E-state index in [-0.39, 0.29) is 5.91 Å². The summed E-state index contributed by atoms with van der Waals surface area (Å²) in [5.41, 5.74) is 5.54. The van der Waals surface area contributed by atoms with Gasteiger partial charge in [-0.15, -0.1) is 0 Å². The summed E-state index contributed by atoms with van der Waals surface area (Å²) >= 11 is 0. The Kier molecular flexibility index (Phi) is 4.82. The molecule has 2 aliphatic heterocycles. The van der Waals surface area contributed by atoms with Crippen molar-refractivity contribution >= 4 is 5.91 Å². The van der Waals surface area contributed by atoms with E-state index in [1.165, 1.54) is 25.7 Å². The molecule has 1 amide bonds. The Hall–Kier alpha value is -0.650. The molecule has 1 aliphatic carbocycles. The minimum absolute atomic E-state index is 0.0325. The maximum absolute atomic E-state index is 12.4. The van der Waals surface area contributed by atoms with Gasteiger partial charge in [-0.1, -0.05) is 12.8 Å². The zero-order chi connectivity index (χ0) is 14.7. The van der Waals surface area contributed by atoms with Crippen molar-refractivity contribution in [2.75, 3.05) is 26.3 Å². The van der Waals surface area contributed by atoms with Gasteiger partial charge in [0.15, 0.2) is 0 Å². The highest BCUT2D eigenvalue weighted by molar-refractivity contribution is 5.86. The average Bonchev–Trinajstić information content (AvgIpc) is 3.03. The van der Waals surface area contributed by atoms with Crippen LogP contribution >= 0.6 is 0 Å². The van der Waals surface area contributed by atoms with Gasteiger partial charge >= 0.3 is 0 Å². The van der Waals surface area contributed by atoms with Crippen LogP contribution in [0.5, 0.6) is 0 Å². The Morgan fingerprint density at radius 2 is 1.71 bits per heavy atom. The van der Waals surface area contributed by atoms with Crippen molar-refractivity contribution in [3.63, 3.8) is 0 Å². The third kappa shape index (κ3) is 3.58. The molecule has 1 saturated carbocycles. The second-order valence-corrected chi connectivity index (χ2v) is 6.99. The number of nitrogens with two attached hydrogens (primary N) is 1. The number of likely N-dealkylation sites (tertiary alicyclic amines) is 1. The van der Waals surface area contributed by atoms with Crippen molar-refractivity contribution in [2.45, 2.75) is 69.0 Å². The monoisotopic (exact) mass is 295 g/mol. The molecule has 0 bridgehead atoms. The van der Waals surface area contributed by atoms with Gasteiger partial charge in [-0.2, -0.15) is 0 Å². The molecule has 21 heavy (non-hydrogen) atoms. The van der Waals surface area contributed by atoms with Crippen LogP contribution in [-0.4, -0.2) is 54.7 Å². The molecule has 3 aliphatic rings. The van der Waals surface area contributed by atoms with Crippen LogP contribution in [0.1, 0.15) is 51.4 Å². The number of nitrogens with zero attached hydrogens (tertiary/aromatic N) is 1. The summed E-state index contributed by atoms with van der Waals surface area (Å²) in [7, 11) is 0. The molecular formula is C16H29N3O2. The molecule has 0 radical (unpaired) electrons. The van der Waals surface area contributed by atoms with E-state index in [0.717, 1.165) is 32.0 Å². The molecule has 0 aromatic heterocycles. The molecule has 0 unspecified atom stereocenters. The third-order valence-corrected chi connectivity index (χ3v) is 5.54. The van der Waals surface area contributed by atoms with E-state index in [9.17, 15) is 4.79 Å². The lowest BCUT2D eigenvalue weighted by atomic mass is 9.89. The zero-order valence-corrected chi connectivity index (χ0v) is 13.0. The zero-order valence-electron chi connectivity index (χ0n) is 13.0. The number of hydrogen-bond donors (Lipinski definition) is 2. The van der Waals surface area contributed by atoms with Crippen molar-refractivity contribution in [3.8, 4) is 0 Å². The molecule has 5 nitrogen and oxygen atoms in total. The molecule has 0 aromatic carbocycles. The molecule has 0 atom stereocenters. The lowest BCUT2D eigenvalue weighted by Gasteiger charge is -2.38. The Labute approximate surface area is 127 Å². The van der Waals surface area contributed by atoms with Crippen LogP contribution in [0.4, 0.5) is 0 Å². The van der Waals surface area contributed by atoms with Crippen molar-refractivity contribution in [2.24, 2.45) is 5.73 Å². The first-order valence-electron chi connectivity index (χ1n) is 8.59. The predicted molar refractivity (Wildman–Crippen MR) is 82.0 cm³/mol. The highest BCUT2D eigenvalue weighted by atomic mass is 16.5. The fourth-order valence-corrected chi connectivity index (χ4v) is 3.97. The molecule has 0 spiro atoms. The number of ether oxygens (including phenoxy) is 1. The summed E-state index contributed by atoms with van der Waals surface area (Å²) in [6.07, 6.45) is 8.91. The van der Waals surface area contributed by atoms with E-state index < -0.39 is 5.54 Å². The number of rotatable bonds is 3. The third-order valence-electron chi connectivity index (χ3n) is 5.54. The number of piperidine rings is 1. The second-order valence-electron chi connectivity index (χ2n) is 6.99. The van der Waals surface area contributed by atoms with Crippen LogP contribution in [0.2, 0.25) is 0 Å². The van der Waals surface area contributed by atoms with Gasteiger partial charge in [0.2, 0.25) is 5.91 Å². The maximum atomic E-state index is 12.4. The summed E-state index contributed by atoms with van der Waals surface area (Å²) in [5.74, 6) is 0.0325. The average molecular weight is 295 g/mol. The fourth-order valence-electron chi connectivity index (χ4n) is 3.97. The van der Waals surface area contributed by atoms with Gasteiger partial charge in [0, 0.05) is 38.4 Å². The normalized spacial score (nSPS) is 28.6. The number of carbonyl (C=O) groups excluding carboxylic acids is 1. The molecule has 3 N–H and O–H groups in total. The van der Waals surface area contributed by atoms with Crippen molar-refractivity contribution in [3.05, 3.63) is 0 Å². The number of carbonyl (C=O) groups is 1. The number of hydrogen-bond acceptors (Lipinski definition) is 4. The van der Waals surface area contributed by atoms with E-state index in [0.29, 0.717) is 32.1 Å². The Balaban J connectivity index is 1.45. The van der Waals surface area contributed by atoms with Crippen LogP contribution in [0.25, 0.3) is 0 Å². The number of amides is 1. The largest absolute Gasteiger partial charge is 0.381 e. The van der Waals surface area contributed by atoms with E-state index in [1.54, 1.807) is 0 Å². The minimum atomic E-state index is -0.708. The summed E-state index contributed by atoms with van der Waals surface area (Å²) in [6, 6.07) is 1.11. The van der Waals surface area contributed by atoms with E-state index in [4.69, 9.17) is 10.5 Å². The smallest absolute Gasteiger partial charge is 0.240 e. The van der Waals surface area contributed by atoms with Crippen LogP contribution in [-0.2, 0) is 9.53 Å². The van der Waals surface area contributed by atoms with Gasteiger partial charge in [0.1, 0.15) is 0 Å². The topological polar surface area (TPSA) is 67.6 Å². The van der Waals surface area contributed by atoms with Gasteiger partial charge in [-0.05, 0) is 38.5 Å². The first-order chi connectivity index (χ1) is 10.2. The summed E-state index contributed by atoms with van der Waals surface area (Å²) in [4.78, 5) is 15.0. The van der Waals surface area contributed by atoms with Crippen molar-refractivity contribution in [1.82, 2.24) is 10.2 Å². The molecule has 0 aromatic rings. The lowest BCUT2D eigenvalue weighted by molar-refractivity contribution is -0.130. The summed E-state index contributed by atoms with van der Waals surface area (Å²) < 4.78 is 5.31. The van der Waals surface area contributed by atoms with E-state index >= 15 is 0 Å². The molecular weight excluding hydrogens is 266 g/mol. The molecule has 5 heteroatoms. The van der Waals surface area contributed by atoms with Crippen LogP contribution in [0.3, 0.4) is 0 Å². The Bertz CT molecular complexity index is 355. The second kappa shape index (κ2) is 6.63. The number of nitrogens with one attached hydrogen (secondary N) is 1. The summed E-state index contributed by atoms with van der Waals surface area (Å²) in [6.45, 7) is 3.45. The molecule has 2 heterocycles. The standard InChI is InChI=1S/C16H29N3O2/c17-16(7-11-21-12-8-16)15(20)18-13-5-9-19(10-6-13)14-3-1-2-4-14/h13-14H,1-12,17H2,(H,18,20). The Morgan fingerprint density at radius 1 is 1.10 bits per heavy atom. The van der Waals surface area contributed by atoms with Gasteiger partial charge in [-0.3, -0.25) is 4.79 Å². The van der Waals surface area contributed by atoms with Crippen LogP contribution in [0, 0.1) is 0 Å². The van der Waals surface area contributed by atoms with Gasteiger partial charge in [0.05, 0.1) is 5.54 Å².